The van der Waals surface area contributed by atoms with Gasteiger partial charge in [0.2, 0.25) is 5.91 Å². The molecule has 0 radical (unpaired) electrons. The monoisotopic (exact) mass is 1190 g/mol. The highest BCUT2D eigenvalue weighted by molar-refractivity contribution is 5.76. The van der Waals surface area contributed by atoms with Crippen molar-refractivity contribution in [1.82, 2.24) is 5.32 Å². The second-order valence-corrected chi connectivity index (χ2v) is 26.3. The van der Waals surface area contributed by atoms with E-state index >= 15 is 0 Å². The van der Waals surface area contributed by atoms with E-state index in [1.165, 1.54) is 327 Å². The van der Waals surface area contributed by atoms with Crippen LogP contribution in [0.15, 0.2) is 48.6 Å². The maximum absolute atomic E-state index is 12.5. The molecule has 500 valence electrons. The summed E-state index contributed by atoms with van der Waals surface area (Å²) in [6, 6.07) is -0.542. The van der Waals surface area contributed by atoms with Crippen LogP contribution in [-0.4, -0.2) is 47.4 Å². The topological polar surface area (TPSA) is 95.9 Å². The zero-order valence-corrected chi connectivity index (χ0v) is 57.4. The van der Waals surface area contributed by atoms with Crippen LogP contribution in [0.2, 0.25) is 0 Å². The van der Waals surface area contributed by atoms with Crippen molar-refractivity contribution in [2.45, 2.75) is 431 Å². The minimum Gasteiger partial charge on any atom is -0.466 e. The van der Waals surface area contributed by atoms with Gasteiger partial charge in [0.25, 0.3) is 0 Å². The lowest BCUT2D eigenvalue weighted by Gasteiger charge is -2.22. The van der Waals surface area contributed by atoms with Crippen molar-refractivity contribution in [3.8, 4) is 0 Å². The number of hydrogen-bond acceptors (Lipinski definition) is 5. The smallest absolute Gasteiger partial charge is 0.305 e. The molecule has 2 atom stereocenters. The van der Waals surface area contributed by atoms with Gasteiger partial charge in [-0.1, -0.05) is 364 Å². The Bertz CT molecular complexity index is 1420. The number of hydrogen-bond donors (Lipinski definition) is 3. The lowest BCUT2D eigenvalue weighted by molar-refractivity contribution is -0.143. The van der Waals surface area contributed by atoms with E-state index in [1.807, 2.05) is 0 Å². The molecule has 0 saturated heterocycles. The van der Waals surface area contributed by atoms with Gasteiger partial charge < -0.3 is 20.3 Å². The van der Waals surface area contributed by atoms with Crippen LogP contribution in [0.5, 0.6) is 0 Å². The Labute approximate surface area is 531 Å². The number of amides is 1. The second-order valence-electron chi connectivity index (χ2n) is 26.3. The first-order valence-electron chi connectivity index (χ1n) is 38.4. The van der Waals surface area contributed by atoms with Gasteiger partial charge in [-0.15, -0.1) is 0 Å². The summed E-state index contributed by atoms with van der Waals surface area (Å²) in [5.41, 5.74) is 0. The molecule has 0 heterocycles. The van der Waals surface area contributed by atoms with Crippen molar-refractivity contribution < 1.29 is 24.5 Å². The van der Waals surface area contributed by atoms with E-state index in [2.05, 4.69) is 67.8 Å². The predicted octanol–water partition coefficient (Wildman–Crippen LogP) is 25.2. The van der Waals surface area contributed by atoms with Crippen LogP contribution in [-0.2, 0) is 14.3 Å². The summed E-state index contributed by atoms with van der Waals surface area (Å²) < 4.78 is 5.51. The highest BCUT2D eigenvalue weighted by atomic mass is 16.5. The number of aliphatic hydroxyl groups excluding tert-OH is 2. The SMILES string of the molecule is CCCCC/C=C\C/C=C\CCCCCCCCCCCC(=O)OCCCCCCCCCCC/C=C\C/C=C\CCCCCCCCCCCCCCCCCC(=O)NC(CO)C(O)CCCCCCCCCCCCCCCCCCCC. The highest BCUT2D eigenvalue weighted by Crippen LogP contribution is 2.19. The summed E-state index contributed by atoms with van der Waals surface area (Å²) in [6.45, 7) is 4.96. The number of nitrogens with one attached hydrogen (secondary N) is 1. The third-order valence-electron chi connectivity index (χ3n) is 17.9. The molecular weight excluding hydrogens is 1040 g/mol. The van der Waals surface area contributed by atoms with Crippen molar-refractivity contribution in [1.29, 1.82) is 0 Å². The third kappa shape index (κ3) is 70.8. The standard InChI is InChI=1S/C79H149NO5/c1-3-5-7-9-11-13-15-17-19-21-36-41-45-49-53-57-61-65-69-73-79(84)85-74-70-66-62-58-54-50-46-42-38-35-33-31-29-27-25-23-24-26-28-30-32-34-37-40-44-48-52-56-60-64-68-72-78(83)80-76(75-81)77(82)71-67-63-59-55-51-47-43-39-22-20-18-16-14-12-10-8-6-4-2/h11,13,17,19,25,27,31,33,76-77,81-82H,3-10,12,14-16,18,20-24,26,28-30,32,34-75H2,1-2H3,(H,80,83)/b13-11-,19-17-,27-25-,33-31-. The molecule has 0 rings (SSSR count). The van der Waals surface area contributed by atoms with Gasteiger partial charge in [0.05, 0.1) is 25.4 Å². The van der Waals surface area contributed by atoms with Crippen LogP contribution in [0.25, 0.3) is 0 Å². The number of esters is 1. The Morgan fingerprint density at radius 2 is 0.588 bits per heavy atom. The molecule has 3 N–H and O–H groups in total. The summed E-state index contributed by atoms with van der Waals surface area (Å²) in [6.07, 6.45) is 97.5. The Balaban J connectivity index is 3.38. The average molecular weight is 1190 g/mol. The molecule has 0 saturated carbocycles. The molecule has 2 unspecified atom stereocenters. The first-order valence-corrected chi connectivity index (χ1v) is 38.4. The van der Waals surface area contributed by atoms with Crippen LogP contribution in [0, 0.1) is 0 Å². The summed E-state index contributed by atoms with van der Waals surface area (Å²) in [4.78, 5) is 24.7. The van der Waals surface area contributed by atoms with Crippen molar-refractivity contribution in [2.75, 3.05) is 13.2 Å². The maximum atomic E-state index is 12.5. The van der Waals surface area contributed by atoms with Crippen LogP contribution < -0.4 is 5.32 Å². The van der Waals surface area contributed by atoms with Gasteiger partial charge in [0, 0.05) is 12.8 Å². The zero-order chi connectivity index (χ0) is 61.3. The summed E-state index contributed by atoms with van der Waals surface area (Å²) >= 11 is 0. The van der Waals surface area contributed by atoms with Gasteiger partial charge in [-0.25, -0.2) is 0 Å². The normalized spacial score (nSPS) is 12.8. The Kier molecular flexibility index (Phi) is 72.4. The number of unbranched alkanes of at least 4 members (excludes halogenated alkanes) is 53. The second kappa shape index (κ2) is 74.3. The number of ether oxygens (including phenoxy) is 1. The number of aliphatic hydroxyl groups is 2. The van der Waals surface area contributed by atoms with E-state index < -0.39 is 12.1 Å². The number of carbonyl (C=O) groups excluding carboxylic acids is 2. The fourth-order valence-corrected chi connectivity index (χ4v) is 12.0. The Hall–Kier alpha value is -2.18. The van der Waals surface area contributed by atoms with Gasteiger partial charge in [-0.3, -0.25) is 9.59 Å². The largest absolute Gasteiger partial charge is 0.466 e. The zero-order valence-electron chi connectivity index (χ0n) is 57.4. The number of rotatable bonds is 72. The number of carbonyl (C=O) groups is 2. The highest BCUT2D eigenvalue weighted by Gasteiger charge is 2.20. The van der Waals surface area contributed by atoms with E-state index in [1.54, 1.807) is 0 Å². The van der Waals surface area contributed by atoms with Crippen molar-refractivity contribution in [3.05, 3.63) is 48.6 Å². The molecule has 6 nitrogen and oxygen atoms in total. The predicted molar refractivity (Wildman–Crippen MR) is 375 cm³/mol. The molecule has 1 amide bonds. The molecule has 0 aliphatic heterocycles. The van der Waals surface area contributed by atoms with Gasteiger partial charge in [0.15, 0.2) is 0 Å². The van der Waals surface area contributed by atoms with Crippen molar-refractivity contribution in [2.24, 2.45) is 0 Å². The third-order valence-corrected chi connectivity index (χ3v) is 17.9. The molecular formula is C79H149NO5. The molecule has 0 spiro atoms. The van der Waals surface area contributed by atoms with Gasteiger partial charge in [0.1, 0.15) is 0 Å². The molecule has 0 aromatic rings. The molecule has 0 fully saturated rings. The Morgan fingerprint density at radius 1 is 0.329 bits per heavy atom. The molecule has 0 aromatic heterocycles. The summed E-state index contributed by atoms with van der Waals surface area (Å²) in [5.74, 6) is -0.0209. The van der Waals surface area contributed by atoms with Gasteiger partial charge in [-0.2, -0.15) is 0 Å². The molecule has 6 heteroatoms. The first kappa shape index (κ1) is 82.8. The van der Waals surface area contributed by atoms with Crippen molar-refractivity contribution >= 4 is 11.9 Å². The van der Waals surface area contributed by atoms with E-state index in [4.69, 9.17) is 4.74 Å². The molecule has 85 heavy (non-hydrogen) atoms. The molecule has 0 aliphatic carbocycles. The molecule has 0 aromatic carbocycles. The molecule has 0 bridgehead atoms. The van der Waals surface area contributed by atoms with Gasteiger partial charge >= 0.3 is 5.97 Å². The fraction of sp³-hybridized carbons (Fsp3) is 0.873. The minimum absolute atomic E-state index is 0.00985. The van der Waals surface area contributed by atoms with Crippen LogP contribution in [0.4, 0.5) is 0 Å². The van der Waals surface area contributed by atoms with Gasteiger partial charge in [-0.05, 0) is 89.9 Å². The minimum atomic E-state index is -0.665. The Morgan fingerprint density at radius 3 is 0.918 bits per heavy atom. The van der Waals surface area contributed by atoms with Crippen LogP contribution >= 0.6 is 0 Å². The number of allylic oxidation sites excluding steroid dienone is 8. The average Bonchev–Trinajstić information content (AvgIpc) is 3.51. The lowest BCUT2D eigenvalue weighted by atomic mass is 10.0. The van der Waals surface area contributed by atoms with Crippen LogP contribution in [0.3, 0.4) is 0 Å². The van der Waals surface area contributed by atoms with Crippen molar-refractivity contribution in [3.63, 3.8) is 0 Å². The maximum Gasteiger partial charge on any atom is 0.305 e. The fourth-order valence-electron chi connectivity index (χ4n) is 12.0. The molecule has 0 aliphatic rings. The van der Waals surface area contributed by atoms with E-state index in [0.29, 0.717) is 25.9 Å². The summed E-state index contributed by atoms with van der Waals surface area (Å²) in [7, 11) is 0. The first-order chi connectivity index (χ1) is 42.0. The van der Waals surface area contributed by atoms with E-state index in [-0.39, 0.29) is 18.5 Å². The lowest BCUT2D eigenvalue weighted by Crippen LogP contribution is -2.45. The van der Waals surface area contributed by atoms with E-state index in [0.717, 1.165) is 57.8 Å². The quantitative estimate of drug-likeness (QED) is 0.0320. The van der Waals surface area contributed by atoms with E-state index in [9.17, 15) is 19.8 Å². The summed E-state index contributed by atoms with van der Waals surface area (Å²) in [5, 5.41) is 23.4. The van der Waals surface area contributed by atoms with Crippen LogP contribution in [0.1, 0.15) is 418 Å².